The van der Waals surface area contributed by atoms with Gasteiger partial charge in [-0.05, 0) is 24.1 Å². The molecule has 1 aromatic rings. The second-order valence-corrected chi connectivity index (χ2v) is 5.82. The normalized spacial score (nSPS) is 13.6. The summed E-state index contributed by atoms with van der Waals surface area (Å²) in [6.45, 7) is 3.88. The van der Waals surface area contributed by atoms with Crippen LogP contribution in [0.15, 0.2) is 28.7 Å². The van der Waals surface area contributed by atoms with Crippen LogP contribution in [0.25, 0.3) is 0 Å². The standard InChI is InChI=1S/C15H20BrNO3/c1-3-5-10(2)15(20)17-13(9-14(18)19)11-6-4-7-12(16)8-11/h4,6-8,10,13H,3,5,9H2,1-2H3,(H,17,20)(H,18,19). The molecule has 1 amide bonds. The summed E-state index contributed by atoms with van der Waals surface area (Å²) in [5.41, 5.74) is 0.791. The molecule has 5 heteroatoms. The Balaban J connectivity index is 2.85. The second kappa shape index (κ2) is 8.04. The van der Waals surface area contributed by atoms with Crippen LogP contribution in [0.3, 0.4) is 0 Å². The van der Waals surface area contributed by atoms with Crippen molar-refractivity contribution in [3.05, 3.63) is 34.3 Å². The summed E-state index contributed by atoms with van der Waals surface area (Å²) >= 11 is 3.36. The van der Waals surface area contributed by atoms with E-state index < -0.39 is 12.0 Å². The van der Waals surface area contributed by atoms with E-state index in [-0.39, 0.29) is 18.2 Å². The third kappa shape index (κ3) is 5.33. The number of benzene rings is 1. The van der Waals surface area contributed by atoms with E-state index in [1.54, 1.807) is 0 Å². The molecule has 20 heavy (non-hydrogen) atoms. The number of halogens is 1. The average molecular weight is 342 g/mol. The summed E-state index contributed by atoms with van der Waals surface area (Å²) in [6.07, 6.45) is 1.60. The predicted molar refractivity (Wildman–Crippen MR) is 81.4 cm³/mol. The summed E-state index contributed by atoms with van der Waals surface area (Å²) in [6, 6.07) is 6.84. The maximum Gasteiger partial charge on any atom is 0.305 e. The molecule has 0 aliphatic carbocycles. The Kier molecular flexibility index (Phi) is 6.71. The summed E-state index contributed by atoms with van der Waals surface area (Å²) in [5, 5.41) is 11.8. The number of carbonyl (C=O) groups excluding carboxylic acids is 1. The molecule has 1 aromatic carbocycles. The maximum atomic E-state index is 12.1. The smallest absolute Gasteiger partial charge is 0.305 e. The first-order valence-electron chi connectivity index (χ1n) is 6.71. The first-order chi connectivity index (χ1) is 9.43. The summed E-state index contributed by atoms with van der Waals surface area (Å²) in [5.74, 6) is -1.14. The first-order valence-corrected chi connectivity index (χ1v) is 7.51. The molecule has 0 saturated carbocycles. The Morgan fingerprint density at radius 1 is 1.40 bits per heavy atom. The number of carbonyl (C=O) groups is 2. The minimum atomic E-state index is -0.932. The molecule has 2 atom stereocenters. The van der Waals surface area contributed by atoms with Crippen molar-refractivity contribution in [1.82, 2.24) is 5.32 Å². The molecule has 2 N–H and O–H groups in total. The number of hydrogen-bond donors (Lipinski definition) is 2. The van der Waals surface area contributed by atoms with Gasteiger partial charge in [-0.2, -0.15) is 0 Å². The molecule has 110 valence electrons. The molecule has 0 fully saturated rings. The average Bonchev–Trinajstić information content (AvgIpc) is 2.37. The Morgan fingerprint density at radius 2 is 2.10 bits per heavy atom. The van der Waals surface area contributed by atoms with Crippen molar-refractivity contribution in [2.75, 3.05) is 0 Å². The van der Waals surface area contributed by atoms with Crippen LogP contribution in [0.5, 0.6) is 0 Å². The van der Waals surface area contributed by atoms with E-state index in [0.29, 0.717) is 0 Å². The fourth-order valence-corrected chi connectivity index (χ4v) is 2.45. The first kappa shape index (κ1) is 16.7. The lowest BCUT2D eigenvalue weighted by molar-refractivity contribution is -0.137. The van der Waals surface area contributed by atoms with Crippen LogP contribution < -0.4 is 5.32 Å². The molecule has 0 saturated heterocycles. The van der Waals surface area contributed by atoms with Crippen LogP contribution in [0, 0.1) is 5.92 Å². The Bertz CT molecular complexity index is 476. The highest BCUT2D eigenvalue weighted by atomic mass is 79.9. The van der Waals surface area contributed by atoms with Crippen molar-refractivity contribution >= 4 is 27.8 Å². The lowest BCUT2D eigenvalue weighted by atomic mass is 10.0. The van der Waals surface area contributed by atoms with E-state index >= 15 is 0 Å². The van der Waals surface area contributed by atoms with Gasteiger partial charge in [-0.3, -0.25) is 9.59 Å². The molecule has 0 spiro atoms. The van der Waals surface area contributed by atoms with E-state index in [9.17, 15) is 9.59 Å². The molecule has 0 heterocycles. The molecule has 1 rings (SSSR count). The highest BCUT2D eigenvalue weighted by molar-refractivity contribution is 9.10. The number of aliphatic carboxylic acids is 1. The lowest BCUT2D eigenvalue weighted by Crippen LogP contribution is -2.34. The van der Waals surface area contributed by atoms with Gasteiger partial charge in [-0.15, -0.1) is 0 Å². The van der Waals surface area contributed by atoms with Crippen molar-refractivity contribution in [3.8, 4) is 0 Å². The summed E-state index contributed by atoms with van der Waals surface area (Å²) in [7, 11) is 0. The number of amides is 1. The van der Waals surface area contributed by atoms with E-state index in [4.69, 9.17) is 5.11 Å². The van der Waals surface area contributed by atoms with E-state index in [1.807, 2.05) is 38.1 Å². The summed E-state index contributed by atoms with van der Waals surface area (Å²) < 4.78 is 0.862. The van der Waals surface area contributed by atoms with Gasteiger partial charge in [0.05, 0.1) is 12.5 Å². The molecule has 0 aliphatic rings. The highest BCUT2D eigenvalue weighted by Gasteiger charge is 2.21. The molecule has 0 bridgehead atoms. The molecular formula is C15H20BrNO3. The number of rotatable bonds is 7. The van der Waals surface area contributed by atoms with Crippen LogP contribution in [-0.2, 0) is 9.59 Å². The van der Waals surface area contributed by atoms with Gasteiger partial charge < -0.3 is 10.4 Å². The quantitative estimate of drug-likeness (QED) is 0.797. The Hall–Kier alpha value is -1.36. The Morgan fingerprint density at radius 3 is 2.65 bits per heavy atom. The van der Waals surface area contributed by atoms with Gasteiger partial charge in [0, 0.05) is 10.4 Å². The fraction of sp³-hybridized carbons (Fsp3) is 0.467. The van der Waals surface area contributed by atoms with Crippen LogP contribution >= 0.6 is 15.9 Å². The van der Waals surface area contributed by atoms with Crippen molar-refractivity contribution < 1.29 is 14.7 Å². The number of carboxylic acid groups (broad SMARTS) is 1. The molecule has 0 radical (unpaired) electrons. The highest BCUT2D eigenvalue weighted by Crippen LogP contribution is 2.22. The molecule has 0 aliphatic heterocycles. The molecule has 0 aromatic heterocycles. The Labute approximate surface area is 127 Å². The van der Waals surface area contributed by atoms with Gasteiger partial charge >= 0.3 is 5.97 Å². The topological polar surface area (TPSA) is 66.4 Å². The van der Waals surface area contributed by atoms with Gasteiger partial charge in [0.15, 0.2) is 0 Å². The molecule has 4 nitrogen and oxygen atoms in total. The third-order valence-electron chi connectivity index (χ3n) is 3.12. The second-order valence-electron chi connectivity index (χ2n) is 4.90. The van der Waals surface area contributed by atoms with Gasteiger partial charge in [0.1, 0.15) is 0 Å². The van der Waals surface area contributed by atoms with E-state index in [1.165, 1.54) is 0 Å². The van der Waals surface area contributed by atoms with E-state index in [2.05, 4.69) is 21.2 Å². The monoisotopic (exact) mass is 341 g/mol. The van der Waals surface area contributed by atoms with Crippen LogP contribution in [0.4, 0.5) is 0 Å². The molecule has 2 unspecified atom stereocenters. The molecular weight excluding hydrogens is 322 g/mol. The SMILES string of the molecule is CCCC(C)C(=O)NC(CC(=O)O)c1cccc(Br)c1. The summed E-state index contributed by atoms with van der Waals surface area (Å²) in [4.78, 5) is 23.0. The number of nitrogens with one attached hydrogen (secondary N) is 1. The van der Waals surface area contributed by atoms with Crippen molar-refractivity contribution in [3.63, 3.8) is 0 Å². The predicted octanol–water partition coefficient (Wildman–Crippen LogP) is 3.52. The fourth-order valence-electron chi connectivity index (χ4n) is 2.03. The van der Waals surface area contributed by atoms with Gasteiger partial charge in [-0.25, -0.2) is 0 Å². The largest absolute Gasteiger partial charge is 0.481 e. The van der Waals surface area contributed by atoms with Gasteiger partial charge in [-0.1, -0.05) is 48.3 Å². The lowest BCUT2D eigenvalue weighted by Gasteiger charge is -2.20. The van der Waals surface area contributed by atoms with E-state index in [0.717, 1.165) is 22.9 Å². The zero-order valence-electron chi connectivity index (χ0n) is 11.7. The number of carboxylic acids is 1. The zero-order chi connectivity index (χ0) is 15.1. The number of hydrogen-bond acceptors (Lipinski definition) is 2. The van der Waals surface area contributed by atoms with Crippen LogP contribution in [0.2, 0.25) is 0 Å². The minimum absolute atomic E-state index is 0.0990. The third-order valence-corrected chi connectivity index (χ3v) is 3.61. The van der Waals surface area contributed by atoms with Crippen molar-refractivity contribution in [1.29, 1.82) is 0 Å². The van der Waals surface area contributed by atoms with Gasteiger partial charge in [0.25, 0.3) is 0 Å². The van der Waals surface area contributed by atoms with Crippen molar-refractivity contribution in [2.24, 2.45) is 5.92 Å². The zero-order valence-corrected chi connectivity index (χ0v) is 13.3. The minimum Gasteiger partial charge on any atom is -0.481 e. The van der Waals surface area contributed by atoms with Crippen molar-refractivity contribution in [2.45, 2.75) is 39.2 Å². The van der Waals surface area contributed by atoms with Gasteiger partial charge in [0.2, 0.25) is 5.91 Å². The maximum absolute atomic E-state index is 12.1. The van der Waals surface area contributed by atoms with Crippen LogP contribution in [-0.4, -0.2) is 17.0 Å². The van der Waals surface area contributed by atoms with Crippen LogP contribution in [0.1, 0.15) is 44.7 Å².